The van der Waals surface area contributed by atoms with Gasteiger partial charge >= 0.3 is 11.9 Å². The molecule has 0 rings (SSSR count). The molecule has 398 valence electrons. The molecule has 5 nitrogen and oxygen atoms in total. The lowest BCUT2D eigenvalue weighted by atomic mass is 10.0. The van der Waals surface area contributed by atoms with Crippen molar-refractivity contribution in [3.63, 3.8) is 0 Å². The highest BCUT2D eigenvalue weighted by Crippen LogP contribution is 2.16. The molecule has 0 aromatic rings. The second kappa shape index (κ2) is 59.6. The highest BCUT2D eigenvalue weighted by atomic mass is 16.6. The molecule has 0 radical (unpaired) electrons. The summed E-state index contributed by atoms with van der Waals surface area (Å²) in [7, 11) is 0. The molecule has 0 fully saturated rings. The molecular formula is C65H108O5. The van der Waals surface area contributed by atoms with Gasteiger partial charge in [-0.25, -0.2) is 0 Å². The van der Waals surface area contributed by atoms with Gasteiger partial charge in [-0.2, -0.15) is 0 Å². The fraction of sp³-hybridized carbons (Fsp3) is 0.662. The molecule has 1 N–H and O–H groups in total. The number of rotatable bonds is 52. The first kappa shape index (κ1) is 66.3. The fourth-order valence-corrected chi connectivity index (χ4v) is 7.96. The smallest absolute Gasteiger partial charge is 0.306 e. The molecule has 0 aromatic carbocycles. The second-order valence-electron chi connectivity index (χ2n) is 19.0. The average Bonchev–Trinajstić information content (AvgIpc) is 3.36. The number of esters is 2. The Morgan fingerprint density at radius 3 is 0.857 bits per heavy atom. The third kappa shape index (κ3) is 56.9. The van der Waals surface area contributed by atoms with Crippen LogP contribution in [0.4, 0.5) is 0 Å². The molecule has 0 saturated carbocycles. The van der Waals surface area contributed by atoms with Crippen molar-refractivity contribution in [2.24, 2.45) is 0 Å². The lowest BCUT2D eigenvalue weighted by Crippen LogP contribution is -2.28. The Hall–Kier alpha value is -3.70. The van der Waals surface area contributed by atoms with Crippen LogP contribution in [0.5, 0.6) is 0 Å². The molecule has 70 heavy (non-hydrogen) atoms. The number of carbonyl (C=O) groups is 2. The Labute approximate surface area is 433 Å². The quantitative estimate of drug-likeness (QED) is 0.0374. The van der Waals surface area contributed by atoms with Crippen LogP contribution in [-0.4, -0.2) is 36.4 Å². The van der Waals surface area contributed by atoms with Gasteiger partial charge in [0.05, 0.1) is 6.61 Å². The van der Waals surface area contributed by atoms with Gasteiger partial charge in [-0.3, -0.25) is 9.59 Å². The van der Waals surface area contributed by atoms with Crippen molar-refractivity contribution in [3.8, 4) is 0 Å². The molecule has 0 aromatic heterocycles. The van der Waals surface area contributed by atoms with E-state index in [4.69, 9.17) is 9.47 Å². The summed E-state index contributed by atoms with van der Waals surface area (Å²) in [4.78, 5) is 24.6. The number of ether oxygens (including phenoxy) is 2. The van der Waals surface area contributed by atoms with E-state index in [1.807, 2.05) is 0 Å². The highest BCUT2D eigenvalue weighted by molar-refractivity contribution is 5.70. The molecule has 0 heterocycles. The zero-order valence-electron chi connectivity index (χ0n) is 45.5. The maximum absolute atomic E-state index is 12.3. The minimum Gasteiger partial charge on any atom is -0.462 e. The van der Waals surface area contributed by atoms with Crippen molar-refractivity contribution < 1.29 is 24.2 Å². The largest absolute Gasteiger partial charge is 0.462 e. The van der Waals surface area contributed by atoms with E-state index in [1.54, 1.807) is 0 Å². The van der Waals surface area contributed by atoms with E-state index in [9.17, 15) is 14.7 Å². The molecule has 0 aliphatic rings. The van der Waals surface area contributed by atoms with Crippen molar-refractivity contribution >= 4 is 11.9 Å². The van der Waals surface area contributed by atoms with E-state index >= 15 is 0 Å². The van der Waals surface area contributed by atoms with Crippen LogP contribution in [0.3, 0.4) is 0 Å². The van der Waals surface area contributed by atoms with Crippen LogP contribution >= 0.6 is 0 Å². The first-order valence-corrected chi connectivity index (χ1v) is 29.1. The SMILES string of the molecule is CC/C=C\C/C=C\C/C=C\C/C=C\C/C=C\CCCCCCCCCCCCCCCC(=O)OC(CO)COC(=O)CCCCCCCCCCCCC/C=C\C/C=C\C/C=C\C/C=C\C/C=C\CC. The monoisotopic (exact) mass is 969 g/mol. The zero-order valence-corrected chi connectivity index (χ0v) is 45.5. The molecule has 0 spiro atoms. The van der Waals surface area contributed by atoms with Crippen LogP contribution in [0, 0.1) is 0 Å². The summed E-state index contributed by atoms with van der Waals surface area (Å²) in [6.07, 6.45) is 87.4. The van der Waals surface area contributed by atoms with Crippen molar-refractivity contribution in [3.05, 3.63) is 122 Å². The van der Waals surface area contributed by atoms with Gasteiger partial charge in [0.1, 0.15) is 6.61 Å². The summed E-state index contributed by atoms with van der Waals surface area (Å²) in [5.41, 5.74) is 0. The van der Waals surface area contributed by atoms with Crippen LogP contribution in [0.25, 0.3) is 0 Å². The standard InChI is InChI=1S/C65H108O5/c1-3-5-7-9-11-13-15-17-19-21-23-25-27-29-31-32-34-36-38-40-42-44-46-48-50-52-54-56-58-60-65(68)70-63(61-66)62-69-64(67)59-57-55-53-51-49-47-45-43-41-39-37-35-33-30-28-26-24-22-20-18-16-14-12-10-8-6-4-2/h5-8,11-14,17-20,23-26,29-31,33,63,66H,3-4,9-10,15-16,21-22,27-28,32,34-62H2,1-2H3/b7-5-,8-6-,13-11-,14-12-,19-17-,20-18-,25-23-,26-24-,31-29-,33-30-. The number of unbranched alkanes of at least 4 members (excludes halogenated alkanes) is 24. The summed E-state index contributed by atoms with van der Waals surface area (Å²) in [5, 5.41) is 9.67. The number of aliphatic hydroxyl groups excluding tert-OH is 1. The maximum Gasteiger partial charge on any atom is 0.306 e. The summed E-state index contributed by atoms with van der Waals surface area (Å²) in [6.45, 7) is 3.92. The molecule has 0 aliphatic carbocycles. The molecule has 0 aliphatic heterocycles. The van der Waals surface area contributed by atoms with Gasteiger partial charge in [0, 0.05) is 12.8 Å². The number of allylic oxidation sites excluding steroid dienone is 20. The first-order chi connectivity index (χ1) is 34.6. The van der Waals surface area contributed by atoms with Crippen LogP contribution < -0.4 is 0 Å². The van der Waals surface area contributed by atoms with Crippen molar-refractivity contribution in [2.75, 3.05) is 13.2 Å². The van der Waals surface area contributed by atoms with Crippen molar-refractivity contribution in [2.45, 2.75) is 264 Å². The van der Waals surface area contributed by atoms with Gasteiger partial charge in [0.25, 0.3) is 0 Å². The number of hydrogen-bond acceptors (Lipinski definition) is 5. The minimum absolute atomic E-state index is 0.0732. The normalized spacial score (nSPS) is 13.1. The third-order valence-electron chi connectivity index (χ3n) is 12.3. The zero-order chi connectivity index (χ0) is 50.6. The summed E-state index contributed by atoms with van der Waals surface area (Å²) < 4.78 is 10.7. The third-order valence-corrected chi connectivity index (χ3v) is 12.3. The number of aliphatic hydroxyl groups is 1. The van der Waals surface area contributed by atoms with Crippen molar-refractivity contribution in [1.29, 1.82) is 0 Å². The van der Waals surface area contributed by atoms with E-state index < -0.39 is 6.10 Å². The lowest BCUT2D eigenvalue weighted by molar-refractivity contribution is -0.161. The van der Waals surface area contributed by atoms with E-state index in [1.165, 1.54) is 128 Å². The first-order valence-electron chi connectivity index (χ1n) is 29.1. The Bertz CT molecular complexity index is 1420. The molecule has 0 bridgehead atoms. The summed E-state index contributed by atoms with van der Waals surface area (Å²) >= 11 is 0. The number of carbonyl (C=O) groups excluding carboxylic acids is 2. The van der Waals surface area contributed by atoms with Crippen molar-refractivity contribution in [1.82, 2.24) is 0 Å². The lowest BCUT2D eigenvalue weighted by Gasteiger charge is -2.15. The van der Waals surface area contributed by atoms with Crippen LogP contribution in [0.2, 0.25) is 0 Å². The predicted octanol–water partition coefficient (Wildman–Crippen LogP) is 19.9. The molecule has 0 amide bonds. The van der Waals surface area contributed by atoms with Gasteiger partial charge in [0.2, 0.25) is 0 Å². The molecule has 1 unspecified atom stereocenters. The molecule has 1 atom stereocenters. The average molecular weight is 970 g/mol. The Morgan fingerprint density at radius 1 is 0.329 bits per heavy atom. The fourth-order valence-electron chi connectivity index (χ4n) is 7.96. The summed E-state index contributed by atoms with van der Waals surface area (Å²) in [5.74, 6) is -0.596. The second-order valence-corrected chi connectivity index (χ2v) is 19.0. The van der Waals surface area contributed by atoms with Crippen LogP contribution in [-0.2, 0) is 19.1 Å². The van der Waals surface area contributed by atoms with E-state index in [2.05, 4.69) is 135 Å². The Morgan fingerprint density at radius 2 is 0.571 bits per heavy atom. The molecular weight excluding hydrogens is 861 g/mol. The van der Waals surface area contributed by atoms with Crippen LogP contribution in [0.1, 0.15) is 258 Å². The summed E-state index contributed by atoms with van der Waals surface area (Å²) in [6, 6.07) is 0. The minimum atomic E-state index is -0.782. The molecule has 5 heteroatoms. The highest BCUT2D eigenvalue weighted by Gasteiger charge is 2.16. The van der Waals surface area contributed by atoms with Gasteiger partial charge in [-0.1, -0.05) is 264 Å². The van der Waals surface area contributed by atoms with E-state index in [0.717, 1.165) is 103 Å². The van der Waals surface area contributed by atoms with E-state index in [0.29, 0.717) is 12.8 Å². The van der Waals surface area contributed by atoms with Crippen LogP contribution in [0.15, 0.2) is 122 Å². The topological polar surface area (TPSA) is 72.8 Å². The van der Waals surface area contributed by atoms with E-state index in [-0.39, 0.29) is 25.2 Å². The predicted molar refractivity (Wildman–Crippen MR) is 306 cm³/mol. The number of hydrogen-bond donors (Lipinski definition) is 1. The van der Waals surface area contributed by atoms with Gasteiger partial charge in [0.15, 0.2) is 6.10 Å². The van der Waals surface area contributed by atoms with Gasteiger partial charge in [-0.05, 0) is 103 Å². The maximum atomic E-state index is 12.3. The Kier molecular flexibility index (Phi) is 56.5. The molecule has 0 saturated heterocycles. The van der Waals surface area contributed by atoms with Gasteiger partial charge in [-0.15, -0.1) is 0 Å². The Balaban J connectivity index is 3.52. The van der Waals surface area contributed by atoms with Gasteiger partial charge < -0.3 is 14.6 Å².